The van der Waals surface area contributed by atoms with Crippen LogP contribution in [0, 0.1) is 0 Å². The third-order valence-corrected chi connectivity index (χ3v) is 3.93. The molecule has 0 aliphatic carbocycles. The topological polar surface area (TPSA) is 27.7 Å². The molecule has 100 valence electrons. The van der Waals surface area contributed by atoms with Gasteiger partial charge in [0.1, 0.15) is 5.75 Å². The van der Waals surface area contributed by atoms with Crippen LogP contribution in [0.5, 0.6) is 5.75 Å². The number of ether oxygens (including phenoxy) is 3. The molecular weight excluding hydrogens is 343 g/mol. The maximum atomic E-state index is 5.99. The molecule has 0 aromatic heterocycles. The molecule has 0 amide bonds. The molecule has 0 radical (unpaired) electrons. The Kier molecular flexibility index (Phi) is 5.72. The van der Waals surface area contributed by atoms with Crippen LogP contribution in [-0.2, 0) is 9.47 Å². The molecule has 0 spiro atoms. The van der Waals surface area contributed by atoms with Crippen LogP contribution in [0.2, 0.25) is 0 Å². The molecule has 1 aromatic rings. The Morgan fingerprint density at radius 2 is 2.28 bits per heavy atom. The molecular formula is C14H19IO3. The summed E-state index contributed by atoms with van der Waals surface area (Å²) in [5.41, 5.74) is 1.12. The lowest BCUT2D eigenvalue weighted by Crippen LogP contribution is -2.18. The zero-order valence-electron chi connectivity index (χ0n) is 10.6. The van der Waals surface area contributed by atoms with Gasteiger partial charge in [-0.3, -0.25) is 0 Å². The second-order valence-electron chi connectivity index (χ2n) is 4.35. The highest BCUT2D eigenvalue weighted by molar-refractivity contribution is 14.1. The molecule has 4 heteroatoms. The monoisotopic (exact) mass is 362 g/mol. The van der Waals surface area contributed by atoms with Gasteiger partial charge in [-0.1, -0.05) is 40.8 Å². The molecule has 0 N–H and O–H groups in total. The normalized spacial score (nSPS) is 20.9. The van der Waals surface area contributed by atoms with E-state index in [1.54, 1.807) is 7.11 Å². The van der Waals surface area contributed by atoms with Crippen molar-refractivity contribution in [3.05, 3.63) is 29.8 Å². The van der Waals surface area contributed by atoms with E-state index in [2.05, 4.69) is 28.7 Å². The van der Waals surface area contributed by atoms with Crippen molar-refractivity contribution >= 4 is 22.6 Å². The summed E-state index contributed by atoms with van der Waals surface area (Å²) in [6.45, 7) is 1.54. The van der Waals surface area contributed by atoms with Gasteiger partial charge in [-0.25, -0.2) is 0 Å². The first-order valence-electron chi connectivity index (χ1n) is 6.27. The third kappa shape index (κ3) is 3.59. The van der Waals surface area contributed by atoms with E-state index in [-0.39, 0.29) is 12.2 Å². The molecule has 1 aliphatic heterocycles. The fraction of sp³-hybridized carbons (Fsp3) is 0.571. The van der Waals surface area contributed by atoms with Crippen molar-refractivity contribution in [2.75, 3.05) is 24.8 Å². The summed E-state index contributed by atoms with van der Waals surface area (Å²) in [7, 11) is 1.70. The van der Waals surface area contributed by atoms with Gasteiger partial charge in [0.15, 0.2) is 0 Å². The Balaban J connectivity index is 1.98. The van der Waals surface area contributed by atoms with E-state index in [0.29, 0.717) is 6.61 Å². The highest BCUT2D eigenvalue weighted by Gasteiger charge is 2.20. The fourth-order valence-electron chi connectivity index (χ4n) is 2.15. The molecule has 2 unspecified atom stereocenters. The lowest BCUT2D eigenvalue weighted by atomic mass is 10.1. The number of hydrogen-bond donors (Lipinski definition) is 0. The van der Waals surface area contributed by atoms with Gasteiger partial charge in [0.05, 0.1) is 25.9 Å². The SMILES string of the molecule is COc1ccccc1C(CI)OCC1CCCO1. The first-order chi connectivity index (χ1) is 8.85. The second kappa shape index (κ2) is 7.31. The van der Waals surface area contributed by atoms with E-state index >= 15 is 0 Å². The Morgan fingerprint density at radius 1 is 1.44 bits per heavy atom. The van der Waals surface area contributed by atoms with Crippen LogP contribution in [-0.4, -0.2) is 30.9 Å². The van der Waals surface area contributed by atoms with Gasteiger partial charge in [0, 0.05) is 16.6 Å². The molecule has 1 heterocycles. The van der Waals surface area contributed by atoms with Gasteiger partial charge in [0.25, 0.3) is 0 Å². The molecule has 0 saturated carbocycles. The van der Waals surface area contributed by atoms with Crippen LogP contribution >= 0.6 is 22.6 Å². The van der Waals surface area contributed by atoms with E-state index in [1.165, 1.54) is 0 Å². The van der Waals surface area contributed by atoms with E-state index < -0.39 is 0 Å². The van der Waals surface area contributed by atoms with Crippen molar-refractivity contribution in [3.8, 4) is 5.75 Å². The molecule has 1 saturated heterocycles. The molecule has 2 atom stereocenters. The van der Waals surface area contributed by atoms with Gasteiger partial charge in [-0.2, -0.15) is 0 Å². The summed E-state index contributed by atoms with van der Waals surface area (Å²) < 4.78 is 17.9. The lowest BCUT2D eigenvalue weighted by molar-refractivity contribution is -0.0128. The van der Waals surface area contributed by atoms with Crippen molar-refractivity contribution in [2.24, 2.45) is 0 Å². The zero-order chi connectivity index (χ0) is 12.8. The van der Waals surface area contributed by atoms with Crippen LogP contribution in [0.1, 0.15) is 24.5 Å². The Labute approximate surface area is 122 Å². The molecule has 1 fully saturated rings. The lowest BCUT2D eigenvalue weighted by Gasteiger charge is -2.20. The van der Waals surface area contributed by atoms with E-state index in [9.17, 15) is 0 Å². The standard InChI is InChI=1S/C14H19IO3/c1-16-13-7-3-2-6-12(13)14(9-15)18-10-11-5-4-8-17-11/h2-3,6-7,11,14H,4-5,8-10H2,1H3. The smallest absolute Gasteiger partial charge is 0.124 e. The van der Waals surface area contributed by atoms with Crippen LogP contribution in [0.4, 0.5) is 0 Å². The summed E-state index contributed by atoms with van der Waals surface area (Å²) in [5, 5.41) is 0. The number of benzene rings is 1. The number of methoxy groups -OCH3 is 1. The first-order valence-corrected chi connectivity index (χ1v) is 7.79. The average Bonchev–Trinajstić information content (AvgIpc) is 2.93. The van der Waals surface area contributed by atoms with Crippen molar-refractivity contribution in [3.63, 3.8) is 0 Å². The Hall–Kier alpha value is -0.330. The minimum atomic E-state index is 0.0750. The van der Waals surface area contributed by atoms with Crippen molar-refractivity contribution in [2.45, 2.75) is 25.0 Å². The minimum Gasteiger partial charge on any atom is -0.496 e. The number of alkyl halides is 1. The molecule has 2 rings (SSSR count). The maximum Gasteiger partial charge on any atom is 0.124 e. The second-order valence-corrected chi connectivity index (χ2v) is 5.23. The molecule has 0 bridgehead atoms. The third-order valence-electron chi connectivity index (χ3n) is 3.13. The zero-order valence-corrected chi connectivity index (χ0v) is 12.8. The van der Waals surface area contributed by atoms with Gasteiger partial charge in [-0.15, -0.1) is 0 Å². The van der Waals surface area contributed by atoms with Gasteiger partial charge in [-0.05, 0) is 18.9 Å². The summed E-state index contributed by atoms with van der Waals surface area (Å²) in [6.07, 6.45) is 2.61. The largest absolute Gasteiger partial charge is 0.496 e. The Morgan fingerprint density at radius 3 is 2.94 bits per heavy atom. The molecule has 18 heavy (non-hydrogen) atoms. The quantitative estimate of drug-likeness (QED) is 0.574. The van der Waals surface area contributed by atoms with Crippen molar-refractivity contribution in [1.82, 2.24) is 0 Å². The van der Waals surface area contributed by atoms with Gasteiger partial charge in [0.2, 0.25) is 0 Å². The number of rotatable bonds is 6. The minimum absolute atomic E-state index is 0.0750. The van der Waals surface area contributed by atoms with E-state index in [0.717, 1.165) is 35.2 Å². The van der Waals surface area contributed by atoms with E-state index in [1.807, 2.05) is 18.2 Å². The highest BCUT2D eigenvalue weighted by Crippen LogP contribution is 2.29. The summed E-state index contributed by atoms with van der Waals surface area (Å²) in [5.74, 6) is 0.895. The van der Waals surface area contributed by atoms with Crippen molar-refractivity contribution < 1.29 is 14.2 Å². The van der Waals surface area contributed by atoms with E-state index in [4.69, 9.17) is 14.2 Å². The van der Waals surface area contributed by atoms with Crippen LogP contribution in [0.3, 0.4) is 0 Å². The molecule has 1 aliphatic rings. The molecule has 1 aromatic carbocycles. The first kappa shape index (κ1) is 14.1. The van der Waals surface area contributed by atoms with Crippen LogP contribution in [0.25, 0.3) is 0 Å². The summed E-state index contributed by atoms with van der Waals surface area (Å²) in [6, 6.07) is 8.04. The fourth-order valence-corrected chi connectivity index (χ4v) is 2.88. The van der Waals surface area contributed by atoms with Gasteiger partial charge < -0.3 is 14.2 Å². The highest BCUT2D eigenvalue weighted by atomic mass is 127. The number of para-hydroxylation sites is 1. The predicted molar refractivity (Wildman–Crippen MR) is 79.5 cm³/mol. The van der Waals surface area contributed by atoms with Crippen molar-refractivity contribution in [1.29, 1.82) is 0 Å². The van der Waals surface area contributed by atoms with Crippen LogP contribution in [0.15, 0.2) is 24.3 Å². The number of hydrogen-bond acceptors (Lipinski definition) is 3. The Bertz CT molecular complexity index is 364. The average molecular weight is 362 g/mol. The molecule has 3 nitrogen and oxygen atoms in total. The van der Waals surface area contributed by atoms with Crippen LogP contribution < -0.4 is 4.74 Å². The summed E-state index contributed by atoms with van der Waals surface area (Å²) >= 11 is 2.35. The number of halogens is 1. The predicted octanol–water partition coefficient (Wildman–Crippen LogP) is 3.37. The summed E-state index contributed by atoms with van der Waals surface area (Å²) in [4.78, 5) is 0. The maximum absolute atomic E-state index is 5.99. The van der Waals surface area contributed by atoms with Gasteiger partial charge >= 0.3 is 0 Å².